The number of benzene rings is 1. The Labute approximate surface area is 200 Å². The molecule has 0 fully saturated rings. The van der Waals surface area contributed by atoms with Gasteiger partial charge in [-0.05, 0) is 55.1 Å². The van der Waals surface area contributed by atoms with E-state index in [9.17, 15) is 23.1 Å². The number of carbonyl (C=O) groups excluding carboxylic acids is 1. The predicted molar refractivity (Wildman–Crippen MR) is 128 cm³/mol. The van der Waals surface area contributed by atoms with Crippen LogP contribution in [0.3, 0.4) is 0 Å². The van der Waals surface area contributed by atoms with Gasteiger partial charge in [0.25, 0.3) is 15.9 Å². The number of carboxylic acid groups (broad SMARTS) is 1. The van der Waals surface area contributed by atoms with E-state index in [2.05, 4.69) is 15.4 Å². The average Bonchev–Trinajstić information content (AvgIpc) is 3.47. The van der Waals surface area contributed by atoms with Crippen LogP contribution in [-0.4, -0.2) is 44.3 Å². The number of hydrogen-bond acceptors (Lipinski definition) is 9. The third-order valence-corrected chi connectivity index (χ3v) is 7.00. The summed E-state index contributed by atoms with van der Waals surface area (Å²) in [5, 5.41) is 16.2. The molecule has 3 rings (SSSR count). The minimum Gasteiger partial charge on any atom is -0.480 e. The standard InChI is InChI=1S/C21H25N5O6S2/c22-21(23)24-9-2-6-16(20(28)29)25-19(27)18-15(8-11-33-18)26-34(30,31)14-5-1-4-13(12-14)17-7-3-10-32-17/h1,3-5,7-8,10-12,16,21,24,26H,2,6,9,22-23H2,(H,25,27)(H,28,29)/t16-/m0/s1. The Morgan fingerprint density at radius 2 is 1.94 bits per heavy atom. The van der Waals surface area contributed by atoms with Gasteiger partial charge in [0.15, 0.2) is 0 Å². The fraction of sp³-hybridized carbons (Fsp3) is 0.238. The number of sulfonamides is 1. The second kappa shape index (κ2) is 11.3. The molecule has 13 heteroatoms. The Morgan fingerprint density at radius 1 is 1.15 bits per heavy atom. The summed E-state index contributed by atoms with van der Waals surface area (Å²) in [5.74, 6) is -1.40. The van der Waals surface area contributed by atoms with Crippen molar-refractivity contribution in [1.29, 1.82) is 0 Å². The minimum absolute atomic E-state index is 0.0204. The number of furan rings is 1. The van der Waals surface area contributed by atoms with E-state index in [0.29, 0.717) is 24.3 Å². The van der Waals surface area contributed by atoms with Crippen molar-refractivity contribution in [2.75, 3.05) is 11.3 Å². The van der Waals surface area contributed by atoms with Crippen LogP contribution in [0.1, 0.15) is 22.5 Å². The van der Waals surface area contributed by atoms with Gasteiger partial charge in [-0.1, -0.05) is 12.1 Å². The zero-order chi connectivity index (χ0) is 24.7. The highest BCUT2D eigenvalue weighted by atomic mass is 32.2. The number of amides is 1. The summed E-state index contributed by atoms with van der Waals surface area (Å²) in [4.78, 5) is 24.3. The van der Waals surface area contributed by atoms with Gasteiger partial charge >= 0.3 is 5.97 Å². The number of thiophene rings is 1. The predicted octanol–water partition coefficient (Wildman–Crippen LogP) is 1.56. The second-order valence-corrected chi connectivity index (χ2v) is 9.86. The topological polar surface area (TPSA) is 190 Å². The third-order valence-electron chi connectivity index (χ3n) is 4.72. The highest BCUT2D eigenvalue weighted by Gasteiger charge is 2.25. The zero-order valence-corrected chi connectivity index (χ0v) is 19.6. The molecule has 1 aromatic carbocycles. The molecule has 0 unspecified atom stereocenters. The van der Waals surface area contributed by atoms with E-state index in [-0.39, 0.29) is 21.9 Å². The first-order chi connectivity index (χ1) is 16.2. The molecule has 0 radical (unpaired) electrons. The molecule has 0 aliphatic rings. The first kappa shape index (κ1) is 25.4. The summed E-state index contributed by atoms with van der Waals surface area (Å²) in [5.41, 5.74) is 11.4. The first-order valence-electron chi connectivity index (χ1n) is 10.2. The number of carboxylic acids is 1. The van der Waals surface area contributed by atoms with Crippen molar-refractivity contribution in [2.24, 2.45) is 11.5 Å². The first-order valence-corrected chi connectivity index (χ1v) is 12.6. The Morgan fingerprint density at radius 3 is 2.62 bits per heavy atom. The smallest absolute Gasteiger partial charge is 0.326 e. The lowest BCUT2D eigenvalue weighted by Crippen LogP contribution is -2.46. The summed E-state index contributed by atoms with van der Waals surface area (Å²) in [6.07, 6.45) is 1.29. The van der Waals surface area contributed by atoms with Gasteiger partial charge in [0.1, 0.15) is 23.0 Å². The van der Waals surface area contributed by atoms with E-state index in [1.54, 1.807) is 24.3 Å². The van der Waals surface area contributed by atoms with Crippen LogP contribution in [0.25, 0.3) is 11.3 Å². The van der Waals surface area contributed by atoms with E-state index >= 15 is 0 Å². The van der Waals surface area contributed by atoms with Crippen LogP contribution >= 0.6 is 11.3 Å². The quantitative estimate of drug-likeness (QED) is 0.156. The Hall–Kier alpha value is -3.23. The number of carbonyl (C=O) groups is 2. The summed E-state index contributed by atoms with van der Waals surface area (Å²) < 4.78 is 33.7. The van der Waals surface area contributed by atoms with E-state index < -0.39 is 34.2 Å². The van der Waals surface area contributed by atoms with Gasteiger partial charge in [0.05, 0.1) is 16.8 Å². The molecule has 3 aromatic rings. The highest BCUT2D eigenvalue weighted by Crippen LogP contribution is 2.27. The van der Waals surface area contributed by atoms with Crippen LogP contribution in [0.5, 0.6) is 0 Å². The fourth-order valence-electron chi connectivity index (χ4n) is 3.08. The molecule has 11 nitrogen and oxygen atoms in total. The highest BCUT2D eigenvalue weighted by molar-refractivity contribution is 7.92. The normalized spacial score (nSPS) is 12.4. The van der Waals surface area contributed by atoms with Crippen LogP contribution in [0, 0.1) is 0 Å². The van der Waals surface area contributed by atoms with Crippen LogP contribution in [0.4, 0.5) is 5.69 Å². The molecular weight excluding hydrogens is 482 g/mol. The van der Waals surface area contributed by atoms with Crippen LogP contribution < -0.4 is 26.8 Å². The van der Waals surface area contributed by atoms with Gasteiger partial charge in [-0.15, -0.1) is 11.3 Å². The SMILES string of the molecule is NC(N)NCCC[C@H](NC(=O)c1sccc1NS(=O)(=O)c1cccc(-c2ccco2)c1)C(=O)O. The van der Waals surface area contributed by atoms with E-state index in [1.807, 2.05) is 0 Å². The van der Waals surface area contributed by atoms with Crippen molar-refractivity contribution in [2.45, 2.75) is 30.1 Å². The minimum atomic E-state index is -4.04. The lowest BCUT2D eigenvalue weighted by molar-refractivity contribution is -0.139. The lowest BCUT2D eigenvalue weighted by atomic mass is 10.1. The van der Waals surface area contributed by atoms with Crippen LogP contribution in [0.15, 0.2) is 63.4 Å². The summed E-state index contributed by atoms with van der Waals surface area (Å²) in [6.45, 7) is 0.373. The Kier molecular flexibility index (Phi) is 8.41. The molecule has 0 saturated carbocycles. The van der Waals surface area contributed by atoms with Crippen LogP contribution in [0.2, 0.25) is 0 Å². The third kappa shape index (κ3) is 6.65. The van der Waals surface area contributed by atoms with Crippen molar-refractivity contribution in [3.05, 3.63) is 59.0 Å². The van der Waals surface area contributed by atoms with Gasteiger partial charge < -0.3 is 26.3 Å². The van der Waals surface area contributed by atoms with Crippen molar-refractivity contribution >= 4 is 38.9 Å². The van der Waals surface area contributed by atoms with Crippen LogP contribution in [-0.2, 0) is 14.8 Å². The summed E-state index contributed by atoms with van der Waals surface area (Å²) in [6, 6.07) is 9.84. The number of rotatable bonds is 12. The van der Waals surface area contributed by atoms with Crippen molar-refractivity contribution in [3.8, 4) is 11.3 Å². The van der Waals surface area contributed by atoms with Gasteiger partial charge in [-0.25, -0.2) is 13.2 Å². The number of aliphatic carboxylic acids is 1. The molecule has 182 valence electrons. The van der Waals surface area contributed by atoms with Crippen molar-refractivity contribution in [1.82, 2.24) is 10.6 Å². The van der Waals surface area contributed by atoms with Gasteiger partial charge in [0.2, 0.25) is 0 Å². The van der Waals surface area contributed by atoms with Crippen molar-refractivity contribution in [3.63, 3.8) is 0 Å². The molecule has 0 aliphatic heterocycles. The van der Waals surface area contributed by atoms with E-state index in [4.69, 9.17) is 15.9 Å². The largest absolute Gasteiger partial charge is 0.480 e. The molecule has 0 aliphatic carbocycles. The molecule has 8 N–H and O–H groups in total. The van der Waals surface area contributed by atoms with Gasteiger partial charge in [-0.2, -0.15) is 0 Å². The van der Waals surface area contributed by atoms with E-state index in [1.165, 1.54) is 29.8 Å². The van der Waals surface area contributed by atoms with Crippen molar-refractivity contribution < 1.29 is 27.5 Å². The number of nitrogens with one attached hydrogen (secondary N) is 3. The number of hydrogen-bond donors (Lipinski definition) is 6. The summed E-state index contributed by atoms with van der Waals surface area (Å²) >= 11 is 0.988. The Bertz CT molecular complexity index is 1220. The average molecular weight is 508 g/mol. The van der Waals surface area contributed by atoms with Gasteiger partial charge in [0, 0.05) is 5.56 Å². The zero-order valence-electron chi connectivity index (χ0n) is 17.9. The summed E-state index contributed by atoms with van der Waals surface area (Å²) in [7, 11) is -4.04. The molecule has 34 heavy (non-hydrogen) atoms. The molecule has 0 spiro atoms. The number of nitrogens with two attached hydrogens (primary N) is 2. The molecule has 2 aromatic heterocycles. The lowest BCUT2D eigenvalue weighted by Gasteiger charge is -2.16. The Balaban J connectivity index is 1.71. The molecule has 1 amide bonds. The van der Waals surface area contributed by atoms with E-state index in [0.717, 1.165) is 11.3 Å². The monoisotopic (exact) mass is 507 g/mol. The molecule has 0 saturated heterocycles. The van der Waals surface area contributed by atoms with Gasteiger partial charge in [-0.3, -0.25) is 14.8 Å². The maximum atomic E-state index is 13.0. The maximum Gasteiger partial charge on any atom is 0.326 e. The molecule has 0 bridgehead atoms. The maximum absolute atomic E-state index is 13.0. The second-order valence-electron chi connectivity index (χ2n) is 7.26. The molecule has 2 heterocycles. The molecular formula is C21H25N5O6S2. The molecule has 1 atom stereocenters. The number of anilines is 1. The fourth-order valence-corrected chi connectivity index (χ4v) is 5.02.